The monoisotopic (exact) mass is 519 g/mol. The Labute approximate surface area is 226 Å². The number of allylic oxidation sites excluding steroid dienone is 1. The number of benzene rings is 1. The van der Waals surface area contributed by atoms with Crippen molar-refractivity contribution in [1.29, 1.82) is 10.7 Å². The Kier molecular flexibility index (Phi) is 7.50. The zero-order chi connectivity index (χ0) is 27.2. The highest BCUT2D eigenvalue weighted by atomic mass is 16.2. The molecule has 10 heteroatoms. The van der Waals surface area contributed by atoms with Crippen molar-refractivity contribution in [2.75, 3.05) is 38.1 Å². The van der Waals surface area contributed by atoms with Gasteiger partial charge >= 0.3 is 6.03 Å². The molecule has 3 aromatic heterocycles. The van der Waals surface area contributed by atoms with Crippen LogP contribution in [0, 0.1) is 16.7 Å². The van der Waals surface area contributed by atoms with E-state index in [9.17, 15) is 10.1 Å². The lowest BCUT2D eigenvalue weighted by atomic mass is 10.0. The fraction of sp³-hybridized carbons (Fsp3) is 0.207. The highest BCUT2D eigenvalue weighted by Crippen LogP contribution is 2.30. The Balaban J connectivity index is 1.31. The lowest BCUT2D eigenvalue weighted by molar-refractivity contribution is 0.194. The van der Waals surface area contributed by atoms with E-state index in [4.69, 9.17) is 10.4 Å². The molecule has 1 aromatic carbocycles. The summed E-state index contributed by atoms with van der Waals surface area (Å²) in [4.78, 5) is 21.3. The molecule has 1 fully saturated rings. The third kappa shape index (κ3) is 5.43. The van der Waals surface area contributed by atoms with E-state index < -0.39 is 0 Å². The molecule has 10 nitrogen and oxygen atoms in total. The average Bonchev–Trinajstić information content (AvgIpc) is 3.42. The molecule has 4 aromatic rings. The van der Waals surface area contributed by atoms with Crippen molar-refractivity contribution in [2.24, 2.45) is 0 Å². The maximum Gasteiger partial charge on any atom is 0.317 e. The molecule has 4 heterocycles. The van der Waals surface area contributed by atoms with Gasteiger partial charge in [-0.3, -0.25) is 0 Å². The Morgan fingerprint density at radius 1 is 1.13 bits per heavy atom. The number of hydrogen-bond acceptors (Lipinski definition) is 7. The minimum absolute atomic E-state index is 0.0589. The van der Waals surface area contributed by atoms with Crippen LogP contribution < -0.4 is 15.5 Å². The first-order valence-corrected chi connectivity index (χ1v) is 12.7. The van der Waals surface area contributed by atoms with Crippen LogP contribution in [-0.4, -0.2) is 65.0 Å². The van der Waals surface area contributed by atoms with Crippen LogP contribution >= 0.6 is 0 Å². The van der Waals surface area contributed by atoms with Crippen molar-refractivity contribution in [3.05, 3.63) is 90.0 Å². The summed E-state index contributed by atoms with van der Waals surface area (Å²) in [7, 11) is 1.78. The molecule has 0 atom stereocenters. The number of rotatable bonds is 7. The molecular weight excluding hydrogens is 490 g/mol. The number of carbonyl (C=O) groups is 1. The van der Waals surface area contributed by atoms with Gasteiger partial charge in [-0.2, -0.15) is 10.4 Å². The number of fused-ring (bicyclic) bond motifs is 1. The summed E-state index contributed by atoms with van der Waals surface area (Å²) in [6, 6.07) is 17.9. The molecule has 5 rings (SSSR count). The Morgan fingerprint density at radius 2 is 1.92 bits per heavy atom. The van der Waals surface area contributed by atoms with Crippen LogP contribution in [0.5, 0.6) is 0 Å². The van der Waals surface area contributed by atoms with Crippen molar-refractivity contribution >= 4 is 29.2 Å². The molecule has 1 saturated heterocycles. The van der Waals surface area contributed by atoms with Gasteiger partial charge in [0.05, 0.1) is 17.3 Å². The largest absolute Gasteiger partial charge is 0.393 e. The number of amides is 2. The number of carbonyl (C=O) groups excluding carboxylic acids is 1. The molecule has 1 aliphatic heterocycles. The predicted molar refractivity (Wildman–Crippen MR) is 151 cm³/mol. The summed E-state index contributed by atoms with van der Waals surface area (Å²) < 4.78 is 1.67. The molecule has 0 aliphatic carbocycles. The van der Waals surface area contributed by atoms with Gasteiger partial charge in [-0.15, -0.1) is 0 Å². The van der Waals surface area contributed by atoms with Gasteiger partial charge in [0, 0.05) is 86.8 Å². The highest BCUT2D eigenvalue weighted by molar-refractivity contribution is 6.08. The second-order valence-corrected chi connectivity index (χ2v) is 9.16. The maximum absolute atomic E-state index is 12.6. The fourth-order valence-corrected chi connectivity index (χ4v) is 4.70. The number of aromatic nitrogens is 3. The third-order valence-corrected chi connectivity index (χ3v) is 6.76. The van der Waals surface area contributed by atoms with Crippen LogP contribution in [0.4, 0.5) is 10.6 Å². The van der Waals surface area contributed by atoms with Gasteiger partial charge in [0.15, 0.2) is 0 Å². The number of nitriles is 1. The lowest BCUT2D eigenvalue weighted by Crippen LogP contribution is -2.51. The molecule has 196 valence electrons. The second-order valence-electron chi connectivity index (χ2n) is 9.16. The number of nitrogens with one attached hydrogen (secondary N) is 3. The molecule has 0 unspecified atom stereocenters. The first kappa shape index (κ1) is 25.5. The fourth-order valence-electron chi connectivity index (χ4n) is 4.70. The smallest absolute Gasteiger partial charge is 0.317 e. The first-order chi connectivity index (χ1) is 19.1. The highest BCUT2D eigenvalue weighted by Gasteiger charge is 2.22. The molecule has 0 radical (unpaired) electrons. The van der Waals surface area contributed by atoms with E-state index >= 15 is 0 Å². The zero-order valence-electron chi connectivity index (χ0n) is 21.6. The number of anilines is 1. The quantitative estimate of drug-likeness (QED) is 0.321. The second kappa shape index (κ2) is 11.5. The number of nitrogens with zero attached hydrogens (tertiary/aromatic N) is 6. The first-order valence-electron chi connectivity index (χ1n) is 12.7. The summed E-state index contributed by atoms with van der Waals surface area (Å²) >= 11 is 0. The van der Waals surface area contributed by atoms with Gasteiger partial charge < -0.3 is 25.8 Å². The van der Waals surface area contributed by atoms with Crippen molar-refractivity contribution in [1.82, 2.24) is 30.1 Å². The van der Waals surface area contributed by atoms with Crippen molar-refractivity contribution in [3.8, 4) is 17.2 Å². The van der Waals surface area contributed by atoms with Gasteiger partial charge in [0.25, 0.3) is 0 Å². The van der Waals surface area contributed by atoms with E-state index in [1.165, 1.54) is 6.21 Å². The van der Waals surface area contributed by atoms with Crippen LogP contribution in [0.1, 0.15) is 16.7 Å². The van der Waals surface area contributed by atoms with E-state index in [0.29, 0.717) is 49.4 Å². The maximum atomic E-state index is 12.6. The van der Waals surface area contributed by atoms with Crippen molar-refractivity contribution in [3.63, 3.8) is 0 Å². The normalized spacial score (nSPS) is 13.7. The zero-order valence-corrected chi connectivity index (χ0v) is 21.6. The van der Waals surface area contributed by atoms with Gasteiger partial charge in [-0.25, -0.2) is 14.3 Å². The summed E-state index contributed by atoms with van der Waals surface area (Å²) in [5.41, 5.74) is 5.36. The van der Waals surface area contributed by atoms with E-state index in [1.54, 1.807) is 30.2 Å². The minimum atomic E-state index is -0.0589. The number of urea groups is 1. The number of piperazine rings is 1. The van der Waals surface area contributed by atoms with E-state index in [0.717, 1.165) is 28.1 Å². The molecular formula is C29H29N9O. The van der Waals surface area contributed by atoms with Crippen molar-refractivity contribution < 1.29 is 4.79 Å². The topological polar surface area (TPSA) is 125 Å². The Morgan fingerprint density at radius 3 is 2.59 bits per heavy atom. The van der Waals surface area contributed by atoms with Crippen LogP contribution in [0.25, 0.3) is 22.2 Å². The standard InChI is InChI=1S/C29H29N9O/c1-32-17-24(14-30)23-13-26(28-25(15-31)19-35-38(28)20-23)22-7-8-27(33-18-22)36-9-11-37(12-10-36)29(39)34-16-21-5-3-2-4-6-21/h2-8,13-14,17-20,30,32H,9-12,16H2,1H3,(H,34,39)/b24-17+,30-14?. The lowest BCUT2D eigenvalue weighted by Gasteiger charge is -2.35. The minimum Gasteiger partial charge on any atom is -0.393 e. The van der Waals surface area contributed by atoms with Crippen LogP contribution in [-0.2, 0) is 6.54 Å². The molecule has 0 bridgehead atoms. The Bertz CT molecular complexity index is 1540. The summed E-state index contributed by atoms with van der Waals surface area (Å²) in [5.74, 6) is 0.833. The van der Waals surface area contributed by atoms with E-state index in [2.05, 4.69) is 26.7 Å². The van der Waals surface area contributed by atoms with E-state index in [1.807, 2.05) is 59.6 Å². The third-order valence-electron chi connectivity index (χ3n) is 6.76. The van der Waals surface area contributed by atoms with E-state index in [-0.39, 0.29) is 6.03 Å². The summed E-state index contributed by atoms with van der Waals surface area (Å²) in [5, 5.41) is 27.8. The molecule has 3 N–H and O–H groups in total. The van der Waals surface area contributed by atoms with Gasteiger partial charge in [-0.05, 0) is 23.8 Å². The summed E-state index contributed by atoms with van der Waals surface area (Å²) in [6.45, 7) is 3.10. The van der Waals surface area contributed by atoms with Gasteiger partial charge in [-0.1, -0.05) is 30.3 Å². The number of pyridine rings is 2. The predicted octanol–water partition coefficient (Wildman–Crippen LogP) is 3.51. The molecule has 39 heavy (non-hydrogen) atoms. The van der Waals surface area contributed by atoms with Crippen molar-refractivity contribution in [2.45, 2.75) is 6.54 Å². The molecule has 0 saturated carbocycles. The van der Waals surface area contributed by atoms with Gasteiger partial charge in [0.1, 0.15) is 11.9 Å². The molecule has 0 spiro atoms. The van der Waals surface area contributed by atoms with Crippen LogP contribution in [0.15, 0.2) is 73.3 Å². The summed E-state index contributed by atoms with van der Waals surface area (Å²) in [6.07, 6.45) is 8.18. The Hall–Kier alpha value is -5.17. The number of hydrogen-bond donors (Lipinski definition) is 3. The SMILES string of the molecule is CN/C=C(\C=N)c1cc(-c2ccc(N3CCN(C(=O)NCc4ccccc4)CC3)nc2)c2c(C#N)cnn2c1. The molecule has 2 amide bonds. The van der Waals surface area contributed by atoms with Crippen LogP contribution in [0.3, 0.4) is 0 Å². The molecule has 1 aliphatic rings. The average molecular weight is 520 g/mol. The van der Waals surface area contributed by atoms with Crippen LogP contribution in [0.2, 0.25) is 0 Å². The van der Waals surface area contributed by atoms with Gasteiger partial charge in [0.2, 0.25) is 0 Å².